The van der Waals surface area contributed by atoms with E-state index in [-0.39, 0.29) is 5.91 Å². The van der Waals surface area contributed by atoms with Gasteiger partial charge < -0.3 is 4.90 Å². The van der Waals surface area contributed by atoms with E-state index in [0.29, 0.717) is 11.8 Å². The van der Waals surface area contributed by atoms with E-state index < -0.39 is 0 Å². The van der Waals surface area contributed by atoms with E-state index in [0.717, 1.165) is 37.9 Å². The molecule has 1 aliphatic heterocycles. The number of rotatable bonds is 3. The van der Waals surface area contributed by atoms with Crippen LogP contribution in [0, 0.1) is 0 Å². The van der Waals surface area contributed by atoms with E-state index in [2.05, 4.69) is 11.1 Å². The number of piperidine rings is 1. The fourth-order valence-electron chi connectivity index (χ4n) is 4.15. The molecule has 5 rings (SSSR count). The van der Waals surface area contributed by atoms with Crippen molar-refractivity contribution in [1.82, 2.24) is 14.9 Å². The number of hydrogen-bond donors (Lipinski definition) is 0. The monoisotopic (exact) mass is 353 g/mol. The van der Waals surface area contributed by atoms with Crippen LogP contribution in [0.1, 0.15) is 75.4 Å². The number of carbonyl (C=O) groups excluding carboxylic acids is 1. The van der Waals surface area contributed by atoms with Crippen LogP contribution >= 0.6 is 11.3 Å². The fourth-order valence-corrected chi connectivity index (χ4v) is 5.42. The van der Waals surface area contributed by atoms with Gasteiger partial charge in [0.15, 0.2) is 0 Å². The maximum Gasteiger partial charge on any atom is 0.255 e. The first-order chi connectivity index (χ1) is 12.3. The third kappa shape index (κ3) is 2.99. The van der Waals surface area contributed by atoms with Crippen molar-refractivity contribution >= 4 is 17.2 Å². The molecule has 0 aromatic carbocycles. The molecule has 5 heteroatoms. The van der Waals surface area contributed by atoms with Crippen LogP contribution in [-0.2, 0) is 12.8 Å². The van der Waals surface area contributed by atoms with Gasteiger partial charge >= 0.3 is 0 Å². The van der Waals surface area contributed by atoms with Gasteiger partial charge in [-0.05, 0) is 62.5 Å². The summed E-state index contributed by atoms with van der Waals surface area (Å²) < 4.78 is 0. The van der Waals surface area contributed by atoms with Gasteiger partial charge in [-0.3, -0.25) is 9.78 Å². The van der Waals surface area contributed by atoms with E-state index in [9.17, 15) is 4.79 Å². The maximum atomic E-state index is 13.0. The van der Waals surface area contributed by atoms with Gasteiger partial charge in [-0.1, -0.05) is 0 Å². The standard InChI is InChI=1S/C20H23N3OS/c24-20(16-9-15(10-21-11-16)13-6-7-13)23-8-2-3-14(12-23)19-22-17-4-1-5-18(17)25-19/h9-11,13-14H,1-8,12H2. The Hall–Kier alpha value is -1.75. The molecule has 3 heterocycles. The van der Waals surface area contributed by atoms with Crippen molar-refractivity contribution < 1.29 is 4.79 Å². The molecule has 1 saturated carbocycles. The summed E-state index contributed by atoms with van der Waals surface area (Å²) in [5, 5.41) is 1.26. The zero-order chi connectivity index (χ0) is 16.8. The second-order valence-electron chi connectivity index (χ2n) is 7.65. The fraction of sp³-hybridized carbons (Fsp3) is 0.550. The van der Waals surface area contributed by atoms with Crippen LogP contribution in [0.2, 0.25) is 0 Å². The molecule has 0 spiro atoms. The summed E-state index contributed by atoms with van der Waals surface area (Å²) in [6, 6.07) is 2.06. The quantitative estimate of drug-likeness (QED) is 0.840. The summed E-state index contributed by atoms with van der Waals surface area (Å²) in [6.45, 7) is 1.66. The highest BCUT2D eigenvalue weighted by molar-refractivity contribution is 7.11. The van der Waals surface area contributed by atoms with Gasteiger partial charge in [-0.15, -0.1) is 11.3 Å². The minimum absolute atomic E-state index is 0.142. The maximum absolute atomic E-state index is 13.0. The largest absolute Gasteiger partial charge is 0.338 e. The lowest BCUT2D eigenvalue weighted by molar-refractivity contribution is 0.0706. The van der Waals surface area contributed by atoms with E-state index in [1.165, 1.54) is 46.8 Å². The number of nitrogens with zero attached hydrogens (tertiary/aromatic N) is 3. The Morgan fingerprint density at radius 3 is 2.88 bits per heavy atom. The molecule has 1 atom stereocenters. The number of fused-ring (bicyclic) bond motifs is 1. The third-order valence-corrected chi connectivity index (χ3v) is 7.05. The molecule has 130 valence electrons. The molecule has 1 unspecified atom stereocenters. The van der Waals surface area contributed by atoms with Crippen molar-refractivity contribution in [2.24, 2.45) is 0 Å². The SMILES string of the molecule is O=C(c1cncc(C2CC2)c1)N1CCCC(c2nc3c(s2)CCC3)C1. The van der Waals surface area contributed by atoms with Gasteiger partial charge in [-0.25, -0.2) is 4.98 Å². The molecule has 0 radical (unpaired) electrons. The highest BCUT2D eigenvalue weighted by Gasteiger charge is 2.30. The lowest BCUT2D eigenvalue weighted by Gasteiger charge is -2.32. The zero-order valence-corrected chi connectivity index (χ0v) is 15.2. The van der Waals surface area contributed by atoms with E-state index in [1.54, 1.807) is 6.20 Å². The van der Waals surface area contributed by atoms with Gasteiger partial charge in [-0.2, -0.15) is 0 Å². The van der Waals surface area contributed by atoms with Gasteiger partial charge in [0.1, 0.15) is 0 Å². The highest BCUT2D eigenvalue weighted by atomic mass is 32.1. The van der Waals surface area contributed by atoms with Gasteiger partial charge in [0.2, 0.25) is 0 Å². The molecule has 2 aliphatic carbocycles. The molecule has 2 aromatic rings. The molecule has 0 bridgehead atoms. The summed E-state index contributed by atoms with van der Waals surface area (Å²) in [5.74, 6) is 1.18. The number of thiazole rings is 1. The Morgan fingerprint density at radius 2 is 2.04 bits per heavy atom. The summed E-state index contributed by atoms with van der Waals surface area (Å²) in [4.78, 5) is 25.7. The minimum atomic E-state index is 0.142. The van der Waals surface area contributed by atoms with Crippen LogP contribution in [-0.4, -0.2) is 33.9 Å². The second kappa shape index (κ2) is 6.20. The van der Waals surface area contributed by atoms with Crippen molar-refractivity contribution in [1.29, 1.82) is 0 Å². The van der Waals surface area contributed by atoms with E-state index in [4.69, 9.17) is 4.98 Å². The first-order valence-electron chi connectivity index (χ1n) is 9.50. The second-order valence-corrected chi connectivity index (χ2v) is 8.76. The number of likely N-dealkylation sites (tertiary alicyclic amines) is 1. The summed E-state index contributed by atoms with van der Waals surface area (Å²) in [6.07, 6.45) is 11.9. The van der Waals surface area contributed by atoms with Gasteiger partial charge in [0, 0.05) is 36.3 Å². The van der Waals surface area contributed by atoms with E-state index in [1.807, 2.05) is 22.4 Å². The number of amides is 1. The molecule has 2 fully saturated rings. The predicted molar refractivity (Wildman–Crippen MR) is 98.2 cm³/mol. The van der Waals surface area contributed by atoms with Crippen LogP contribution in [0.5, 0.6) is 0 Å². The highest BCUT2D eigenvalue weighted by Crippen LogP contribution is 2.40. The topological polar surface area (TPSA) is 46.1 Å². The number of hydrogen-bond acceptors (Lipinski definition) is 4. The van der Waals surface area contributed by atoms with Crippen LogP contribution in [0.4, 0.5) is 0 Å². The smallest absolute Gasteiger partial charge is 0.255 e. The van der Waals surface area contributed by atoms with Gasteiger partial charge in [0.25, 0.3) is 5.91 Å². The van der Waals surface area contributed by atoms with Crippen LogP contribution < -0.4 is 0 Å². The first-order valence-corrected chi connectivity index (χ1v) is 10.3. The summed E-state index contributed by atoms with van der Waals surface area (Å²) in [7, 11) is 0. The summed E-state index contributed by atoms with van der Waals surface area (Å²) in [5.41, 5.74) is 3.31. The van der Waals surface area contributed by atoms with Crippen molar-refractivity contribution in [3.8, 4) is 0 Å². The van der Waals surface area contributed by atoms with Crippen molar-refractivity contribution in [3.63, 3.8) is 0 Å². The number of aromatic nitrogens is 2. The average Bonchev–Trinajstić information content (AvgIpc) is 3.28. The average molecular weight is 353 g/mol. The molecule has 0 N–H and O–H groups in total. The van der Waals surface area contributed by atoms with Crippen molar-refractivity contribution in [3.05, 3.63) is 45.2 Å². The molecular formula is C20H23N3OS. The Bertz CT molecular complexity index is 790. The molecule has 2 aromatic heterocycles. The van der Waals surface area contributed by atoms with E-state index >= 15 is 0 Å². The van der Waals surface area contributed by atoms with Gasteiger partial charge in [0.05, 0.1) is 16.3 Å². The minimum Gasteiger partial charge on any atom is -0.338 e. The Labute approximate surface area is 152 Å². The Balaban J connectivity index is 1.33. The number of carbonyl (C=O) groups is 1. The van der Waals surface area contributed by atoms with Crippen LogP contribution in [0.15, 0.2) is 18.5 Å². The van der Waals surface area contributed by atoms with Crippen molar-refractivity contribution in [2.45, 2.75) is 56.8 Å². The predicted octanol–water partition coefficient (Wildman–Crippen LogP) is 3.92. The Morgan fingerprint density at radius 1 is 1.12 bits per heavy atom. The number of pyridine rings is 1. The molecule has 25 heavy (non-hydrogen) atoms. The zero-order valence-electron chi connectivity index (χ0n) is 14.4. The Kier molecular flexibility index (Phi) is 3.85. The van der Waals surface area contributed by atoms with Crippen molar-refractivity contribution in [2.75, 3.05) is 13.1 Å². The van der Waals surface area contributed by atoms with Crippen LogP contribution in [0.25, 0.3) is 0 Å². The lowest BCUT2D eigenvalue weighted by atomic mass is 9.98. The van der Waals surface area contributed by atoms with Crippen LogP contribution in [0.3, 0.4) is 0 Å². The summed E-state index contributed by atoms with van der Waals surface area (Å²) >= 11 is 1.89. The third-order valence-electron chi connectivity index (χ3n) is 5.73. The molecule has 1 amide bonds. The first kappa shape index (κ1) is 15.5. The normalized spacial score (nSPS) is 22.9. The lowest BCUT2D eigenvalue weighted by Crippen LogP contribution is -2.39. The molecule has 3 aliphatic rings. The molecular weight excluding hydrogens is 330 g/mol. The molecule has 1 saturated heterocycles. The number of aryl methyl sites for hydroxylation is 2. The molecule has 4 nitrogen and oxygen atoms in total.